The molecule has 2 aliphatic heterocycles. The van der Waals surface area contributed by atoms with E-state index in [-0.39, 0.29) is 22.7 Å². The topological polar surface area (TPSA) is 75.8 Å². The maximum atomic E-state index is 14.2. The minimum Gasteiger partial charge on any atom is -0.367 e. The molecule has 8 nitrogen and oxygen atoms in total. The maximum absolute atomic E-state index is 14.2. The number of piperazine rings is 2. The number of amides is 1. The van der Waals surface area contributed by atoms with Crippen LogP contribution in [0.5, 0.6) is 0 Å². The van der Waals surface area contributed by atoms with Crippen molar-refractivity contribution in [3.05, 3.63) is 87.6 Å². The minimum atomic E-state index is -0.202. The third kappa shape index (κ3) is 6.30. The number of aromatic nitrogens is 2. The smallest absolute Gasteiger partial charge is 0.253 e. The summed E-state index contributed by atoms with van der Waals surface area (Å²) in [5.74, 6) is 0.371. The van der Waals surface area contributed by atoms with Gasteiger partial charge in [-0.1, -0.05) is 45.0 Å². The lowest BCUT2D eigenvalue weighted by Gasteiger charge is -2.36. The Bertz CT molecular complexity index is 1350. The zero-order chi connectivity index (χ0) is 27.6. The first kappa shape index (κ1) is 26.9. The predicted octanol–water partition coefficient (Wildman–Crippen LogP) is 3.49. The lowest BCUT2D eigenvalue weighted by molar-refractivity contribution is 0.0746. The summed E-state index contributed by atoms with van der Waals surface area (Å²) < 4.78 is 14.2. The molecule has 2 aromatic carbocycles. The highest BCUT2D eigenvalue weighted by Gasteiger charge is 2.25. The summed E-state index contributed by atoms with van der Waals surface area (Å²) in [4.78, 5) is 41.4. The van der Waals surface area contributed by atoms with E-state index in [9.17, 15) is 14.0 Å². The molecule has 0 radical (unpaired) electrons. The van der Waals surface area contributed by atoms with E-state index < -0.39 is 0 Å². The Balaban J connectivity index is 1.17. The van der Waals surface area contributed by atoms with Crippen molar-refractivity contribution in [1.82, 2.24) is 19.8 Å². The number of hydrogen-bond acceptors (Lipinski definition) is 6. The van der Waals surface area contributed by atoms with E-state index in [1.165, 1.54) is 11.6 Å². The molecule has 2 fully saturated rings. The Morgan fingerprint density at radius 1 is 0.897 bits per heavy atom. The molecule has 2 saturated heterocycles. The molecule has 39 heavy (non-hydrogen) atoms. The van der Waals surface area contributed by atoms with Crippen molar-refractivity contribution in [3.63, 3.8) is 0 Å². The number of carbonyl (C=O) groups excluding carboxylic acids is 1. The number of para-hydroxylation sites is 1. The van der Waals surface area contributed by atoms with Crippen molar-refractivity contribution in [2.75, 3.05) is 62.2 Å². The number of rotatable bonds is 5. The molecule has 0 spiro atoms. The van der Waals surface area contributed by atoms with E-state index in [1.807, 2.05) is 46.2 Å². The lowest BCUT2D eigenvalue weighted by atomic mass is 9.86. The average Bonchev–Trinajstić information content (AvgIpc) is 2.93. The van der Waals surface area contributed by atoms with E-state index >= 15 is 0 Å². The van der Waals surface area contributed by atoms with Crippen LogP contribution in [0.3, 0.4) is 0 Å². The predicted molar refractivity (Wildman–Crippen MR) is 152 cm³/mol. The number of H-pyrrole nitrogens is 1. The van der Waals surface area contributed by atoms with Crippen molar-refractivity contribution >= 4 is 17.5 Å². The van der Waals surface area contributed by atoms with Crippen LogP contribution in [-0.2, 0) is 12.0 Å². The summed E-state index contributed by atoms with van der Waals surface area (Å²) in [7, 11) is 0. The summed E-state index contributed by atoms with van der Waals surface area (Å²) in [6.07, 6.45) is 0. The molecular weight excluding hydrogens is 495 g/mol. The zero-order valence-electron chi connectivity index (χ0n) is 23.0. The van der Waals surface area contributed by atoms with Crippen molar-refractivity contribution in [2.24, 2.45) is 0 Å². The molecule has 3 aromatic rings. The summed E-state index contributed by atoms with van der Waals surface area (Å²) in [6, 6.07) is 16.3. The monoisotopic (exact) mass is 532 g/mol. The fraction of sp³-hybridized carbons (Fsp3) is 0.433. The summed E-state index contributed by atoms with van der Waals surface area (Å²) >= 11 is 0. The van der Waals surface area contributed by atoms with Crippen molar-refractivity contribution in [1.29, 1.82) is 0 Å². The number of nitrogens with zero attached hydrogens (tertiary/aromatic N) is 5. The molecule has 0 saturated carbocycles. The third-order valence-corrected chi connectivity index (χ3v) is 7.60. The molecule has 3 heterocycles. The number of nitrogens with one attached hydrogen (secondary N) is 1. The van der Waals surface area contributed by atoms with Gasteiger partial charge in [0.2, 0.25) is 5.95 Å². The Morgan fingerprint density at radius 2 is 1.54 bits per heavy atom. The lowest BCUT2D eigenvalue weighted by Crippen LogP contribution is -2.49. The van der Waals surface area contributed by atoms with Gasteiger partial charge in [0.1, 0.15) is 5.82 Å². The SMILES string of the molecule is CC(C)(C)c1ccc(C(=O)N2CCN(c3nc(CN4CCN(c5ccccc5F)CC4)cc(=O)[nH]3)CC2)cc1. The Labute approximate surface area is 229 Å². The molecule has 2 aliphatic rings. The van der Waals surface area contributed by atoms with Gasteiger partial charge in [-0.15, -0.1) is 0 Å². The zero-order valence-corrected chi connectivity index (χ0v) is 23.0. The molecule has 9 heteroatoms. The first-order chi connectivity index (χ1) is 18.7. The Hall–Kier alpha value is -3.72. The highest BCUT2D eigenvalue weighted by molar-refractivity contribution is 5.94. The first-order valence-electron chi connectivity index (χ1n) is 13.6. The van der Waals surface area contributed by atoms with Gasteiger partial charge in [0.05, 0.1) is 11.4 Å². The number of anilines is 2. The molecule has 1 amide bonds. The number of halogens is 1. The van der Waals surface area contributed by atoms with E-state index in [1.54, 1.807) is 12.1 Å². The maximum Gasteiger partial charge on any atom is 0.253 e. The standard InChI is InChI=1S/C30H37FN6O2/c1-30(2,3)23-10-8-22(9-11-23)28(39)36-16-18-37(19-17-36)29-32-24(20-27(38)33-29)21-34-12-14-35(15-13-34)26-7-5-4-6-25(26)31/h4-11,20H,12-19,21H2,1-3H3,(H,32,33,38). The van der Waals surface area contributed by atoms with Gasteiger partial charge in [-0.2, -0.15) is 0 Å². The second-order valence-corrected chi connectivity index (χ2v) is 11.4. The number of benzene rings is 2. The van der Waals surface area contributed by atoms with Gasteiger partial charge in [0.15, 0.2) is 0 Å². The summed E-state index contributed by atoms with van der Waals surface area (Å²) in [5, 5.41) is 0. The Kier molecular flexibility index (Phi) is 7.70. The van der Waals surface area contributed by atoms with Gasteiger partial charge < -0.3 is 14.7 Å². The van der Waals surface area contributed by atoms with Gasteiger partial charge in [0, 0.05) is 70.5 Å². The summed E-state index contributed by atoms with van der Waals surface area (Å²) in [6.45, 7) is 12.3. The largest absolute Gasteiger partial charge is 0.367 e. The van der Waals surface area contributed by atoms with Crippen LogP contribution >= 0.6 is 0 Å². The van der Waals surface area contributed by atoms with E-state index in [0.29, 0.717) is 68.7 Å². The number of carbonyl (C=O) groups is 1. The van der Waals surface area contributed by atoms with Crippen molar-refractivity contribution in [2.45, 2.75) is 32.7 Å². The third-order valence-electron chi connectivity index (χ3n) is 7.60. The van der Waals surface area contributed by atoms with Gasteiger partial charge in [-0.05, 0) is 35.2 Å². The quantitative estimate of drug-likeness (QED) is 0.542. The molecule has 1 N–H and O–H groups in total. The van der Waals surface area contributed by atoms with Gasteiger partial charge in [-0.25, -0.2) is 9.37 Å². The van der Waals surface area contributed by atoms with Crippen LogP contribution in [0.4, 0.5) is 16.0 Å². The van der Waals surface area contributed by atoms with E-state index in [0.717, 1.165) is 13.1 Å². The van der Waals surface area contributed by atoms with Gasteiger partial charge in [0.25, 0.3) is 11.5 Å². The van der Waals surface area contributed by atoms with Crippen LogP contribution < -0.4 is 15.4 Å². The van der Waals surface area contributed by atoms with Crippen LogP contribution in [0.25, 0.3) is 0 Å². The fourth-order valence-corrected chi connectivity index (χ4v) is 5.23. The van der Waals surface area contributed by atoms with Crippen LogP contribution in [0, 0.1) is 5.82 Å². The molecule has 5 rings (SSSR count). The highest BCUT2D eigenvalue weighted by Crippen LogP contribution is 2.23. The number of hydrogen-bond donors (Lipinski definition) is 1. The van der Waals surface area contributed by atoms with E-state index in [4.69, 9.17) is 4.98 Å². The first-order valence-corrected chi connectivity index (χ1v) is 13.6. The summed E-state index contributed by atoms with van der Waals surface area (Å²) in [5.41, 5.74) is 3.10. The van der Waals surface area contributed by atoms with Crippen LogP contribution in [0.15, 0.2) is 59.4 Å². The number of aromatic amines is 1. The van der Waals surface area contributed by atoms with Crippen molar-refractivity contribution < 1.29 is 9.18 Å². The molecule has 0 unspecified atom stereocenters. The highest BCUT2D eigenvalue weighted by atomic mass is 19.1. The fourth-order valence-electron chi connectivity index (χ4n) is 5.23. The molecule has 0 atom stereocenters. The van der Waals surface area contributed by atoms with Crippen LogP contribution in [-0.4, -0.2) is 78.0 Å². The molecular formula is C30H37FN6O2. The molecule has 0 bridgehead atoms. The van der Waals surface area contributed by atoms with Crippen LogP contribution in [0.1, 0.15) is 42.4 Å². The molecule has 206 valence electrons. The average molecular weight is 533 g/mol. The van der Waals surface area contributed by atoms with E-state index in [2.05, 4.69) is 35.6 Å². The normalized spacial score (nSPS) is 17.0. The second-order valence-electron chi connectivity index (χ2n) is 11.4. The Morgan fingerprint density at radius 3 is 2.18 bits per heavy atom. The molecule has 0 aliphatic carbocycles. The van der Waals surface area contributed by atoms with Crippen molar-refractivity contribution in [3.8, 4) is 0 Å². The second kappa shape index (κ2) is 11.2. The molecule has 1 aromatic heterocycles. The van der Waals surface area contributed by atoms with Gasteiger partial charge >= 0.3 is 0 Å². The van der Waals surface area contributed by atoms with Gasteiger partial charge in [-0.3, -0.25) is 19.5 Å². The minimum absolute atomic E-state index is 0.0276. The van der Waals surface area contributed by atoms with Crippen LogP contribution in [0.2, 0.25) is 0 Å².